The molecule has 6 heterocycles. The molecule has 0 aliphatic carbocycles. The van der Waals surface area contributed by atoms with Crippen molar-refractivity contribution in [3.8, 4) is 33.8 Å². The SMILES string of the molecule is O=C(Cc1cccnc1)NCc1ccc(-c2nc3ccn4c(-c5cnn6cccnc56)nnc4c3cc2-c2ccccc2)cc1. The minimum atomic E-state index is -0.0459. The van der Waals surface area contributed by atoms with Gasteiger partial charge in [0.15, 0.2) is 17.1 Å². The highest BCUT2D eigenvalue weighted by Gasteiger charge is 2.18. The van der Waals surface area contributed by atoms with Crippen molar-refractivity contribution in [3.63, 3.8) is 0 Å². The van der Waals surface area contributed by atoms with E-state index >= 15 is 0 Å². The van der Waals surface area contributed by atoms with E-state index in [1.54, 1.807) is 29.3 Å². The lowest BCUT2D eigenvalue weighted by Crippen LogP contribution is -2.24. The summed E-state index contributed by atoms with van der Waals surface area (Å²) in [6.07, 6.45) is 11.0. The summed E-state index contributed by atoms with van der Waals surface area (Å²) in [5, 5.41) is 17.4. The largest absolute Gasteiger partial charge is 0.352 e. The molecule has 1 amide bonds. The van der Waals surface area contributed by atoms with Gasteiger partial charge < -0.3 is 5.32 Å². The second-order valence-electron chi connectivity index (χ2n) is 10.7. The maximum atomic E-state index is 12.5. The van der Waals surface area contributed by atoms with Crippen molar-refractivity contribution in [2.45, 2.75) is 13.0 Å². The smallest absolute Gasteiger partial charge is 0.224 e. The second kappa shape index (κ2) is 11.1. The molecule has 0 atom stereocenters. The molecule has 45 heavy (non-hydrogen) atoms. The third-order valence-corrected chi connectivity index (χ3v) is 7.78. The summed E-state index contributed by atoms with van der Waals surface area (Å²) in [7, 11) is 0. The zero-order valence-electron chi connectivity index (χ0n) is 23.9. The molecular formula is C35H25N9O. The minimum Gasteiger partial charge on any atom is -0.352 e. The standard InChI is InChI=1S/C35H25N9O/c45-31(18-24-6-4-14-36-20-24)38-21-23-9-11-26(12-10-23)32-27(25-7-2-1-3-8-25)19-28-30(40-32)13-17-43-34(28)41-42-35(43)29-22-39-44-16-5-15-37-33(29)44/h1-17,19-20,22H,18,21H2,(H,38,45). The fourth-order valence-electron chi connectivity index (χ4n) is 5.55. The van der Waals surface area contributed by atoms with Gasteiger partial charge in [0.25, 0.3) is 0 Å². The van der Waals surface area contributed by atoms with E-state index in [2.05, 4.69) is 60.9 Å². The van der Waals surface area contributed by atoms with Crippen LogP contribution in [0.5, 0.6) is 0 Å². The van der Waals surface area contributed by atoms with Crippen LogP contribution in [0.3, 0.4) is 0 Å². The number of carbonyl (C=O) groups is 1. The van der Waals surface area contributed by atoms with Crippen LogP contribution in [0, 0.1) is 0 Å². The van der Waals surface area contributed by atoms with Crippen molar-refractivity contribution in [2.24, 2.45) is 0 Å². The lowest BCUT2D eigenvalue weighted by atomic mass is 9.97. The Hall–Kier alpha value is -6.29. The summed E-state index contributed by atoms with van der Waals surface area (Å²) >= 11 is 0. The van der Waals surface area contributed by atoms with Gasteiger partial charge in [-0.3, -0.25) is 14.2 Å². The number of rotatable bonds is 7. The number of fused-ring (bicyclic) bond motifs is 4. The average Bonchev–Trinajstić information content (AvgIpc) is 3.72. The maximum Gasteiger partial charge on any atom is 0.224 e. The Morgan fingerprint density at radius 3 is 2.49 bits per heavy atom. The molecule has 0 saturated carbocycles. The summed E-state index contributed by atoms with van der Waals surface area (Å²) in [6.45, 7) is 0.436. The van der Waals surface area contributed by atoms with Crippen LogP contribution in [0.1, 0.15) is 11.1 Å². The van der Waals surface area contributed by atoms with Crippen LogP contribution in [0.15, 0.2) is 122 Å². The summed E-state index contributed by atoms with van der Waals surface area (Å²) in [5.74, 6) is 0.615. The zero-order chi connectivity index (χ0) is 30.2. The first-order valence-corrected chi connectivity index (χ1v) is 14.5. The lowest BCUT2D eigenvalue weighted by molar-refractivity contribution is -0.120. The van der Waals surface area contributed by atoms with Crippen molar-refractivity contribution in [1.82, 2.24) is 44.5 Å². The number of hydrogen-bond acceptors (Lipinski definition) is 7. The molecule has 1 N–H and O–H groups in total. The Bertz CT molecular complexity index is 2310. The first kappa shape index (κ1) is 26.3. The first-order valence-electron chi connectivity index (χ1n) is 14.5. The van der Waals surface area contributed by atoms with Crippen LogP contribution in [-0.2, 0) is 17.8 Å². The van der Waals surface area contributed by atoms with Gasteiger partial charge in [-0.05, 0) is 41.0 Å². The molecule has 0 spiro atoms. The van der Waals surface area contributed by atoms with Gasteiger partial charge >= 0.3 is 0 Å². The highest BCUT2D eigenvalue weighted by molar-refractivity contribution is 5.98. The number of aromatic nitrogens is 8. The number of amides is 1. The number of hydrogen-bond donors (Lipinski definition) is 1. The van der Waals surface area contributed by atoms with Gasteiger partial charge in [-0.1, -0.05) is 60.7 Å². The third-order valence-electron chi connectivity index (χ3n) is 7.78. The monoisotopic (exact) mass is 587 g/mol. The number of nitrogens with one attached hydrogen (secondary N) is 1. The van der Waals surface area contributed by atoms with Gasteiger partial charge in [-0.2, -0.15) is 5.10 Å². The van der Waals surface area contributed by atoms with Crippen molar-refractivity contribution in [1.29, 1.82) is 0 Å². The molecule has 0 unspecified atom stereocenters. The summed E-state index contributed by atoms with van der Waals surface area (Å²) in [5.41, 5.74) is 8.75. The summed E-state index contributed by atoms with van der Waals surface area (Å²) in [6, 6.07) is 28.1. The van der Waals surface area contributed by atoms with Gasteiger partial charge in [0.2, 0.25) is 5.91 Å². The Morgan fingerprint density at radius 2 is 1.64 bits per heavy atom. The number of pyridine rings is 3. The van der Waals surface area contributed by atoms with E-state index in [0.29, 0.717) is 30.1 Å². The molecule has 10 heteroatoms. The predicted octanol–water partition coefficient (Wildman–Crippen LogP) is 5.58. The van der Waals surface area contributed by atoms with E-state index in [1.807, 2.05) is 71.4 Å². The van der Waals surface area contributed by atoms with Crippen molar-refractivity contribution >= 4 is 28.1 Å². The van der Waals surface area contributed by atoms with E-state index in [4.69, 9.17) is 4.98 Å². The van der Waals surface area contributed by atoms with E-state index in [-0.39, 0.29) is 5.91 Å². The molecular weight excluding hydrogens is 562 g/mol. The average molecular weight is 588 g/mol. The van der Waals surface area contributed by atoms with Gasteiger partial charge in [0.1, 0.15) is 0 Å². The van der Waals surface area contributed by atoms with Crippen molar-refractivity contribution in [3.05, 3.63) is 133 Å². The fraction of sp³-hybridized carbons (Fsp3) is 0.0571. The van der Waals surface area contributed by atoms with Crippen LogP contribution in [0.25, 0.3) is 56.0 Å². The second-order valence-corrected chi connectivity index (χ2v) is 10.7. The Kier molecular flexibility index (Phi) is 6.49. The predicted molar refractivity (Wildman–Crippen MR) is 171 cm³/mol. The highest BCUT2D eigenvalue weighted by atomic mass is 16.1. The molecule has 2 aromatic carbocycles. The van der Waals surface area contributed by atoms with E-state index in [1.165, 1.54) is 0 Å². The van der Waals surface area contributed by atoms with Crippen LogP contribution < -0.4 is 5.32 Å². The molecule has 8 aromatic rings. The first-order chi connectivity index (χ1) is 22.2. The Morgan fingerprint density at radius 1 is 0.756 bits per heavy atom. The number of carbonyl (C=O) groups excluding carboxylic acids is 1. The molecule has 0 saturated heterocycles. The number of nitrogens with zero attached hydrogens (tertiary/aromatic N) is 8. The topological polar surface area (TPSA) is 115 Å². The Labute approximate surface area is 257 Å². The van der Waals surface area contributed by atoms with Gasteiger partial charge in [-0.15, -0.1) is 10.2 Å². The molecule has 0 aliphatic heterocycles. The normalized spacial score (nSPS) is 11.4. The van der Waals surface area contributed by atoms with E-state index in [0.717, 1.165) is 50.0 Å². The van der Waals surface area contributed by atoms with E-state index < -0.39 is 0 Å². The molecule has 0 fully saturated rings. The maximum absolute atomic E-state index is 12.5. The molecule has 0 radical (unpaired) electrons. The quantitative estimate of drug-likeness (QED) is 0.259. The van der Waals surface area contributed by atoms with Crippen LogP contribution in [-0.4, -0.2) is 45.1 Å². The highest BCUT2D eigenvalue weighted by Crippen LogP contribution is 2.35. The van der Waals surface area contributed by atoms with E-state index in [9.17, 15) is 4.79 Å². The molecule has 8 rings (SSSR count). The molecule has 6 aromatic heterocycles. The minimum absolute atomic E-state index is 0.0459. The zero-order valence-corrected chi connectivity index (χ0v) is 23.9. The fourth-order valence-corrected chi connectivity index (χ4v) is 5.55. The van der Waals surface area contributed by atoms with Gasteiger partial charge in [-0.25, -0.2) is 14.5 Å². The van der Waals surface area contributed by atoms with Crippen LogP contribution >= 0.6 is 0 Å². The summed E-state index contributed by atoms with van der Waals surface area (Å²) < 4.78 is 3.68. The summed E-state index contributed by atoms with van der Waals surface area (Å²) in [4.78, 5) is 26.2. The molecule has 0 aliphatic rings. The van der Waals surface area contributed by atoms with Crippen molar-refractivity contribution in [2.75, 3.05) is 0 Å². The third kappa shape index (κ3) is 4.94. The van der Waals surface area contributed by atoms with Crippen molar-refractivity contribution < 1.29 is 4.79 Å². The lowest BCUT2D eigenvalue weighted by Gasteiger charge is -2.13. The van der Waals surface area contributed by atoms with Crippen LogP contribution in [0.4, 0.5) is 0 Å². The Balaban J connectivity index is 1.15. The number of benzene rings is 2. The van der Waals surface area contributed by atoms with Crippen LogP contribution in [0.2, 0.25) is 0 Å². The van der Waals surface area contributed by atoms with Gasteiger partial charge in [0, 0.05) is 54.0 Å². The molecule has 0 bridgehead atoms. The molecule has 216 valence electrons. The van der Waals surface area contributed by atoms with Gasteiger partial charge in [0.05, 0.1) is 29.4 Å². The molecule has 10 nitrogen and oxygen atoms in total.